The Kier molecular flexibility index (Phi) is 7.19. The molecule has 0 spiro atoms. The molecule has 258 valence electrons. The molecule has 6 atom stereocenters. The van der Waals surface area contributed by atoms with Gasteiger partial charge in [0.25, 0.3) is 0 Å². The van der Waals surface area contributed by atoms with E-state index in [-0.39, 0.29) is 41.6 Å². The van der Waals surface area contributed by atoms with Gasteiger partial charge in [0, 0.05) is 29.0 Å². The summed E-state index contributed by atoms with van der Waals surface area (Å²) in [6.07, 6.45) is 4.56. The van der Waals surface area contributed by atoms with Crippen LogP contribution in [0.1, 0.15) is 41.3 Å². The first-order chi connectivity index (χ1) is 25.2. The lowest BCUT2D eigenvalue weighted by Crippen LogP contribution is -2.51. The average molecular weight is 691 g/mol. The number of nitrogens with zero attached hydrogens (tertiary/aromatic N) is 2. The molecular formula is C43H34N2O7. The Hall–Kier alpha value is -6.09. The van der Waals surface area contributed by atoms with E-state index in [0.717, 1.165) is 16.7 Å². The largest absolute Gasteiger partial charge is 0.508 e. The predicted molar refractivity (Wildman–Crippen MR) is 191 cm³/mol. The highest BCUT2D eigenvalue weighted by Gasteiger charge is 2.68. The number of anilines is 2. The zero-order chi connectivity index (χ0) is 35.9. The van der Waals surface area contributed by atoms with Gasteiger partial charge in [-0.15, -0.1) is 0 Å². The highest BCUT2D eigenvalue weighted by Crippen LogP contribution is 2.63. The van der Waals surface area contributed by atoms with Crippen LogP contribution in [0.15, 0.2) is 127 Å². The Balaban J connectivity index is 1.10. The van der Waals surface area contributed by atoms with Crippen molar-refractivity contribution in [1.29, 1.82) is 0 Å². The van der Waals surface area contributed by atoms with E-state index in [1.54, 1.807) is 97.3 Å². The van der Waals surface area contributed by atoms with E-state index in [0.29, 0.717) is 41.1 Å². The molecule has 2 aliphatic carbocycles. The van der Waals surface area contributed by atoms with E-state index in [1.165, 1.54) is 9.80 Å². The summed E-state index contributed by atoms with van der Waals surface area (Å²) in [6.45, 7) is 1.85. The number of ether oxygens (including phenoxy) is 1. The molecule has 3 aliphatic heterocycles. The minimum Gasteiger partial charge on any atom is -0.508 e. The van der Waals surface area contributed by atoms with Crippen LogP contribution in [0.4, 0.5) is 11.4 Å². The number of fused-ring (bicyclic) bond motifs is 5. The highest BCUT2D eigenvalue weighted by atomic mass is 16.5. The minimum atomic E-state index is -1.20. The fourth-order valence-electron chi connectivity index (χ4n) is 9.44. The van der Waals surface area contributed by atoms with Gasteiger partial charge in [0.1, 0.15) is 11.5 Å². The van der Waals surface area contributed by atoms with Crippen molar-refractivity contribution >= 4 is 40.8 Å². The smallest absolute Gasteiger partial charge is 0.241 e. The predicted octanol–water partition coefficient (Wildman–Crippen LogP) is 6.41. The maximum Gasteiger partial charge on any atom is 0.241 e. The second-order valence-corrected chi connectivity index (χ2v) is 14.5. The summed E-state index contributed by atoms with van der Waals surface area (Å²) in [7, 11) is 0. The summed E-state index contributed by atoms with van der Waals surface area (Å²) < 4.78 is 6.08. The molecule has 4 aromatic carbocycles. The van der Waals surface area contributed by atoms with Crippen LogP contribution in [-0.2, 0) is 25.6 Å². The first-order valence-electron chi connectivity index (χ1n) is 17.5. The number of carbonyl (C=O) groups excluding carboxylic acids is 5. The molecule has 2 saturated heterocycles. The molecule has 9 heteroatoms. The van der Waals surface area contributed by atoms with Gasteiger partial charge in [-0.2, -0.15) is 0 Å². The number of allylic oxidation sites excluding steroid dienone is 3. The number of rotatable bonds is 5. The second kappa shape index (κ2) is 11.7. The van der Waals surface area contributed by atoms with Gasteiger partial charge in [0.05, 0.1) is 40.8 Å². The number of phenols is 1. The molecule has 1 saturated carbocycles. The maximum atomic E-state index is 14.7. The number of hydrogen-bond acceptors (Lipinski definition) is 7. The molecule has 0 bridgehead atoms. The Morgan fingerprint density at radius 2 is 1.44 bits per heavy atom. The van der Waals surface area contributed by atoms with Crippen LogP contribution in [0.25, 0.3) is 0 Å². The van der Waals surface area contributed by atoms with E-state index in [1.807, 2.05) is 25.1 Å². The van der Waals surface area contributed by atoms with Gasteiger partial charge >= 0.3 is 0 Å². The summed E-state index contributed by atoms with van der Waals surface area (Å²) in [5, 5.41) is 10.3. The Morgan fingerprint density at radius 3 is 2.17 bits per heavy atom. The van der Waals surface area contributed by atoms with Gasteiger partial charge in [-0.1, -0.05) is 60.2 Å². The number of hydrogen-bond donors (Lipinski definition) is 1. The highest BCUT2D eigenvalue weighted by molar-refractivity contribution is 6.25. The SMILES string of the molecule is CC12C(=O)N(c3ccccc3)C(=O)C1CC1C(=CCC3C(=O)N(c4ccc(C(=O)c5ccccc5)cc4)C(=O)C31)C2C1=COc2ccc(O)cc2C1. The third-order valence-electron chi connectivity index (χ3n) is 11.9. The number of aromatic hydroxyl groups is 1. The zero-order valence-electron chi connectivity index (χ0n) is 28.3. The summed E-state index contributed by atoms with van der Waals surface area (Å²) in [6, 6.07) is 29.2. The van der Waals surface area contributed by atoms with Crippen LogP contribution in [0.5, 0.6) is 11.5 Å². The van der Waals surface area contributed by atoms with E-state index >= 15 is 0 Å². The van der Waals surface area contributed by atoms with E-state index in [4.69, 9.17) is 4.74 Å². The standard InChI is InChI=1S/C43H34N2O7/c1-43-34(40(49)45(42(43)51)28-10-6-3-7-11-28)22-33-31(37(43)27-20-26-21-30(46)16-19-35(26)52-23-27)17-18-32-36(33)41(50)44(39(32)48)29-14-12-25(13-15-29)38(47)24-8-4-2-5-9-24/h2-17,19,21,23,32-34,36-37,46H,18,20,22H2,1H3. The molecule has 9 nitrogen and oxygen atoms in total. The van der Waals surface area contributed by atoms with Crippen LogP contribution in [0.3, 0.4) is 0 Å². The maximum absolute atomic E-state index is 14.7. The number of amides is 4. The molecule has 3 fully saturated rings. The molecule has 0 aromatic heterocycles. The summed E-state index contributed by atoms with van der Waals surface area (Å²) in [5.41, 5.74) is 3.03. The number of imide groups is 2. The Labute approximate surface area is 299 Å². The van der Waals surface area contributed by atoms with Crippen molar-refractivity contribution < 1.29 is 33.8 Å². The lowest BCUT2D eigenvalue weighted by Gasteiger charge is -2.49. The zero-order valence-corrected chi connectivity index (χ0v) is 28.3. The van der Waals surface area contributed by atoms with E-state index < -0.39 is 35.0 Å². The lowest BCUT2D eigenvalue weighted by atomic mass is 9.51. The fourth-order valence-corrected chi connectivity index (χ4v) is 9.44. The van der Waals surface area contributed by atoms with Crippen molar-refractivity contribution in [2.75, 3.05) is 9.80 Å². The van der Waals surface area contributed by atoms with Crippen molar-refractivity contribution in [1.82, 2.24) is 0 Å². The molecule has 0 radical (unpaired) electrons. The van der Waals surface area contributed by atoms with Gasteiger partial charge < -0.3 is 9.84 Å². The average Bonchev–Trinajstić information content (AvgIpc) is 3.54. The van der Waals surface area contributed by atoms with Crippen LogP contribution in [0, 0.1) is 35.0 Å². The van der Waals surface area contributed by atoms with Crippen LogP contribution >= 0.6 is 0 Å². The third-order valence-corrected chi connectivity index (χ3v) is 11.9. The molecule has 3 heterocycles. The number of ketones is 1. The topological polar surface area (TPSA) is 121 Å². The number of phenolic OH excluding ortho intramolecular Hbond substituents is 1. The first kappa shape index (κ1) is 31.9. The quantitative estimate of drug-likeness (QED) is 0.146. The second-order valence-electron chi connectivity index (χ2n) is 14.5. The third kappa shape index (κ3) is 4.58. The summed E-state index contributed by atoms with van der Waals surface area (Å²) in [5.74, 6) is -4.01. The van der Waals surface area contributed by atoms with Gasteiger partial charge in [-0.25, -0.2) is 4.90 Å². The lowest BCUT2D eigenvalue weighted by molar-refractivity contribution is -0.132. The number of para-hydroxylation sites is 1. The Morgan fingerprint density at radius 1 is 0.769 bits per heavy atom. The van der Waals surface area contributed by atoms with Gasteiger partial charge in [0.2, 0.25) is 23.6 Å². The number of carbonyl (C=O) groups is 5. The van der Waals surface area contributed by atoms with Gasteiger partial charge in [-0.3, -0.25) is 28.9 Å². The molecule has 9 rings (SSSR count). The molecular weight excluding hydrogens is 656 g/mol. The van der Waals surface area contributed by atoms with Crippen LogP contribution in [0.2, 0.25) is 0 Å². The molecule has 4 aromatic rings. The molecule has 1 N–H and O–H groups in total. The van der Waals surface area contributed by atoms with Gasteiger partial charge in [-0.05, 0) is 85.9 Å². The molecule has 52 heavy (non-hydrogen) atoms. The van der Waals surface area contributed by atoms with E-state index in [9.17, 15) is 29.1 Å². The summed E-state index contributed by atoms with van der Waals surface area (Å²) >= 11 is 0. The van der Waals surface area contributed by atoms with Crippen molar-refractivity contribution in [3.8, 4) is 11.5 Å². The minimum absolute atomic E-state index is 0.0870. The normalized spacial score (nSPS) is 27.6. The number of benzene rings is 4. The summed E-state index contributed by atoms with van der Waals surface area (Å²) in [4.78, 5) is 73.3. The molecule has 4 amide bonds. The monoisotopic (exact) mass is 690 g/mol. The van der Waals surface area contributed by atoms with Crippen LogP contribution < -0.4 is 14.5 Å². The van der Waals surface area contributed by atoms with Crippen LogP contribution in [-0.4, -0.2) is 34.5 Å². The molecule has 6 unspecified atom stereocenters. The fraction of sp³-hybridized carbons (Fsp3) is 0.233. The van der Waals surface area contributed by atoms with Gasteiger partial charge in [0.15, 0.2) is 5.78 Å². The Bertz CT molecular complexity index is 2260. The first-order valence-corrected chi connectivity index (χ1v) is 17.5. The van der Waals surface area contributed by atoms with Crippen molar-refractivity contribution in [3.05, 3.63) is 143 Å². The molecule has 5 aliphatic rings. The van der Waals surface area contributed by atoms with Crippen molar-refractivity contribution in [2.24, 2.45) is 35.0 Å². The van der Waals surface area contributed by atoms with Crippen molar-refractivity contribution in [3.63, 3.8) is 0 Å². The van der Waals surface area contributed by atoms with Crippen molar-refractivity contribution in [2.45, 2.75) is 26.2 Å². The van der Waals surface area contributed by atoms with E-state index in [2.05, 4.69) is 0 Å².